The van der Waals surface area contributed by atoms with Crippen LogP contribution in [0.2, 0.25) is 0 Å². The molecule has 0 N–H and O–H groups in total. The van der Waals surface area contributed by atoms with Crippen LogP contribution < -0.4 is 9.47 Å². The summed E-state index contributed by atoms with van der Waals surface area (Å²) in [6.07, 6.45) is 3.22. The fourth-order valence-electron chi connectivity index (χ4n) is 7.73. The van der Waals surface area contributed by atoms with E-state index in [0.29, 0.717) is 42.5 Å². The van der Waals surface area contributed by atoms with Crippen molar-refractivity contribution in [3.05, 3.63) is 125 Å². The molecule has 9 heteroatoms. The summed E-state index contributed by atoms with van der Waals surface area (Å²) < 4.78 is 26.8. The van der Waals surface area contributed by atoms with Gasteiger partial charge in [-0.2, -0.15) is 0 Å². The van der Waals surface area contributed by atoms with E-state index in [1.165, 1.54) is 12.1 Å². The van der Waals surface area contributed by atoms with Crippen LogP contribution in [0.25, 0.3) is 11.0 Å². The van der Waals surface area contributed by atoms with Gasteiger partial charge in [0.25, 0.3) is 5.91 Å². The fraction of sp³-hybridized carbons (Fsp3) is 0.341. The molecule has 2 saturated heterocycles. The minimum absolute atomic E-state index is 0.0535. The maximum absolute atomic E-state index is 14.1. The maximum Gasteiger partial charge on any atom is 0.253 e. The van der Waals surface area contributed by atoms with Crippen molar-refractivity contribution in [2.24, 2.45) is 5.92 Å². The van der Waals surface area contributed by atoms with E-state index in [9.17, 15) is 14.0 Å². The lowest BCUT2D eigenvalue weighted by molar-refractivity contribution is 0.0778. The van der Waals surface area contributed by atoms with Crippen LogP contribution in [0.15, 0.2) is 97.1 Å². The molecule has 50 heavy (non-hydrogen) atoms. The molecule has 0 unspecified atom stereocenters. The number of halogens is 1. The smallest absolute Gasteiger partial charge is 0.253 e. The summed E-state index contributed by atoms with van der Waals surface area (Å²) in [6, 6.07) is 29.8. The molecule has 7 rings (SSSR count). The summed E-state index contributed by atoms with van der Waals surface area (Å²) in [7, 11) is 3.29. The SMILES string of the molecule is COc1ccc([C@]2(CCN3CCC(C(=O)c4nc5ccccc5n4Cc4ccc(F)cc4)CC3)CCN(C(=O)c3ccccc3)C2)cc1OC. The van der Waals surface area contributed by atoms with Gasteiger partial charge in [-0.15, -0.1) is 0 Å². The standard InChI is InChI=1S/C41H43FN4O4/c1-49-36-17-14-32(26-37(36)50-2)41(21-25-45(28-41)40(48)31-8-4-3-5-9-31)20-24-44-22-18-30(19-23-44)38(47)39-43-34-10-6-7-11-35(34)46(39)27-29-12-15-33(42)16-13-29/h3-17,26,30H,18-25,27-28H2,1-2H3/t41-/m1/s1. The predicted molar refractivity (Wildman–Crippen MR) is 192 cm³/mol. The number of hydrogen-bond donors (Lipinski definition) is 0. The first-order valence-electron chi connectivity index (χ1n) is 17.4. The number of hydrogen-bond acceptors (Lipinski definition) is 6. The number of benzene rings is 4. The second kappa shape index (κ2) is 14.5. The Morgan fingerprint density at radius 3 is 2.32 bits per heavy atom. The van der Waals surface area contributed by atoms with Crippen molar-refractivity contribution in [3.8, 4) is 11.5 Å². The number of amides is 1. The highest BCUT2D eigenvalue weighted by atomic mass is 19.1. The molecule has 1 amide bonds. The first-order valence-corrected chi connectivity index (χ1v) is 17.4. The average Bonchev–Trinajstić information content (AvgIpc) is 3.77. The van der Waals surface area contributed by atoms with Crippen molar-refractivity contribution in [3.63, 3.8) is 0 Å². The third kappa shape index (κ3) is 6.74. The fourth-order valence-corrected chi connectivity index (χ4v) is 7.73. The van der Waals surface area contributed by atoms with E-state index in [0.717, 1.165) is 67.5 Å². The molecule has 8 nitrogen and oxygen atoms in total. The molecule has 2 aliphatic rings. The zero-order valence-corrected chi connectivity index (χ0v) is 28.7. The lowest BCUT2D eigenvalue weighted by atomic mass is 9.76. The quantitative estimate of drug-likeness (QED) is 0.140. The van der Waals surface area contributed by atoms with E-state index in [4.69, 9.17) is 14.5 Å². The van der Waals surface area contributed by atoms with E-state index >= 15 is 0 Å². The van der Waals surface area contributed by atoms with Gasteiger partial charge in [-0.05, 0) is 105 Å². The zero-order chi connectivity index (χ0) is 34.7. The van der Waals surface area contributed by atoms with E-state index in [1.807, 2.05) is 70.1 Å². The summed E-state index contributed by atoms with van der Waals surface area (Å²) in [4.78, 5) is 36.8. The van der Waals surface area contributed by atoms with Crippen LogP contribution >= 0.6 is 0 Å². The number of imidazole rings is 1. The van der Waals surface area contributed by atoms with Crippen molar-refractivity contribution >= 4 is 22.7 Å². The van der Waals surface area contributed by atoms with Gasteiger partial charge in [-0.3, -0.25) is 9.59 Å². The van der Waals surface area contributed by atoms with Crippen molar-refractivity contribution < 1.29 is 23.5 Å². The van der Waals surface area contributed by atoms with Crippen LogP contribution in [0, 0.1) is 11.7 Å². The maximum atomic E-state index is 14.1. The van der Waals surface area contributed by atoms with Gasteiger partial charge in [0.05, 0.1) is 25.3 Å². The van der Waals surface area contributed by atoms with Crippen molar-refractivity contribution in [2.45, 2.75) is 37.6 Å². The van der Waals surface area contributed by atoms with Gasteiger partial charge in [-0.1, -0.05) is 48.5 Å². The number of carbonyl (C=O) groups is 2. The summed E-state index contributed by atoms with van der Waals surface area (Å²) in [6.45, 7) is 4.22. The highest BCUT2D eigenvalue weighted by molar-refractivity contribution is 5.98. The molecule has 4 aromatic carbocycles. The minimum Gasteiger partial charge on any atom is -0.493 e. The number of aromatic nitrogens is 2. The van der Waals surface area contributed by atoms with Gasteiger partial charge >= 0.3 is 0 Å². The number of ketones is 1. The monoisotopic (exact) mass is 674 g/mol. The van der Waals surface area contributed by atoms with Gasteiger partial charge in [0.2, 0.25) is 5.78 Å². The van der Waals surface area contributed by atoms with E-state index < -0.39 is 0 Å². The Hall–Kier alpha value is -5.02. The van der Waals surface area contributed by atoms with Crippen LogP contribution in [-0.2, 0) is 12.0 Å². The Labute approximate surface area is 292 Å². The number of nitrogens with zero attached hydrogens (tertiary/aromatic N) is 4. The lowest BCUT2D eigenvalue weighted by Crippen LogP contribution is -2.41. The number of para-hydroxylation sites is 2. The van der Waals surface area contributed by atoms with Crippen molar-refractivity contribution in [2.75, 3.05) is 46.9 Å². The van der Waals surface area contributed by atoms with Crippen LogP contribution in [0.3, 0.4) is 0 Å². The van der Waals surface area contributed by atoms with Crippen LogP contribution in [-0.4, -0.2) is 78.0 Å². The topological polar surface area (TPSA) is 76.9 Å². The molecule has 0 radical (unpaired) electrons. The molecule has 1 atom stereocenters. The number of fused-ring (bicyclic) bond motifs is 1. The number of likely N-dealkylation sites (tertiary alicyclic amines) is 2. The third-order valence-corrected chi connectivity index (χ3v) is 10.7. The molecule has 2 fully saturated rings. The van der Waals surface area contributed by atoms with E-state index in [-0.39, 0.29) is 28.8 Å². The summed E-state index contributed by atoms with van der Waals surface area (Å²) in [5.74, 6) is 1.54. The van der Waals surface area contributed by atoms with Gasteiger partial charge in [-0.25, -0.2) is 9.37 Å². The Kier molecular flexibility index (Phi) is 9.68. The molecule has 0 bridgehead atoms. The van der Waals surface area contributed by atoms with Crippen molar-refractivity contribution in [1.82, 2.24) is 19.4 Å². The van der Waals surface area contributed by atoms with Gasteiger partial charge in [0, 0.05) is 36.5 Å². The second-order valence-corrected chi connectivity index (χ2v) is 13.6. The number of rotatable bonds is 11. The molecule has 1 aromatic heterocycles. The average molecular weight is 675 g/mol. The minimum atomic E-state index is -0.284. The molecule has 0 saturated carbocycles. The van der Waals surface area contributed by atoms with Crippen LogP contribution in [0.4, 0.5) is 4.39 Å². The number of methoxy groups -OCH3 is 2. The Morgan fingerprint density at radius 2 is 1.58 bits per heavy atom. The number of carbonyl (C=O) groups excluding carboxylic acids is 2. The molecule has 258 valence electrons. The summed E-state index contributed by atoms with van der Waals surface area (Å²) in [5.41, 5.74) is 4.19. The molecule has 2 aliphatic heterocycles. The Bertz CT molecular complexity index is 1970. The number of piperidine rings is 1. The molecule has 0 spiro atoms. The lowest BCUT2D eigenvalue weighted by Gasteiger charge is -2.36. The summed E-state index contributed by atoms with van der Waals surface area (Å²) >= 11 is 0. The third-order valence-electron chi connectivity index (χ3n) is 10.7. The van der Waals surface area contributed by atoms with Crippen LogP contribution in [0.1, 0.15) is 57.8 Å². The summed E-state index contributed by atoms with van der Waals surface area (Å²) in [5, 5.41) is 0. The second-order valence-electron chi connectivity index (χ2n) is 13.6. The molecule has 0 aliphatic carbocycles. The van der Waals surface area contributed by atoms with Gasteiger partial charge < -0.3 is 23.8 Å². The molecule has 5 aromatic rings. The highest BCUT2D eigenvalue weighted by Crippen LogP contribution is 2.42. The Balaban J connectivity index is 1.06. The van der Waals surface area contributed by atoms with Gasteiger partial charge in [0.1, 0.15) is 5.82 Å². The van der Waals surface area contributed by atoms with Gasteiger partial charge in [0.15, 0.2) is 17.3 Å². The number of ether oxygens (including phenoxy) is 2. The normalized spacial score (nSPS) is 18.4. The molecule has 3 heterocycles. The largest absolute Gasteiger partial charge is 0.493 e. The first kappa shape index (κ1) is 33.5. The van der Waals surface area contributed by atoms with E-state index in [2.05, 4.69) is 17.0 Å². The molecular weight excluding hydrogens is 631 g/mol. The predicted octanol–water partition coefficient (Wildman–Crippen LogP) is 7.01. The first-order chi connectivity index (χ1) is 24.4. The highest BCUT2D eigenvalue weighted by Gasteiger charge is 2.42. The number of Topliss-reactive ketones (excluding diaryl/α,β-unsaturated/α-hetero) is 1. The van der Waals surface area contributed by atoms with E-state index in [1.54, 1.807) is 26.4 Å². The Morgan fingerprint density at radius 1 is 0.860 bits per heavy atom. The molecular formula is C41H43FN4O4. The van der Waals surface area contributed by atoms with Crippen molar-refractivity contribution in [1.29, 1.82) is 0 Å². The zero-order valence-electron chi connectivity index (χ0n) is 28.7. The van der Waals surface area contributed by atoms with Crippen LogP contribution in [0.5, 0.6) is 11.5 Å².